The predicted molar refractivity (Wildman–Crippen MR) is 122 cm³/mol. The lowest BCUT2D eigenvalue weighted by molar-refractivity contribution is 0.0950. The number of hydrogen-bond donors (Lipinski definition) is 1. The molecule has 0 bridgehead atoms. The van der Waals surface area contributed by atoms with Crippen LogP contribution >= 0.6 is 0 Å². The van der Waals surface area contributed by atoms with E-state index in [0.717, 1.165) is 42.9 Å². The minimum atomic E-state index is -0.0551. The minimum absolute atomic E-state index is 0.0551. The highest BCUT2D eigenvalue weighted by molar-refractivity contribution is 5.94. The number of aryl methyl sites for hydroxylation is 1. The van der Waals surface area contributed by atoms with Gasteiger partial charge < -0.3 is 10.2 Å². The molecule has 5 heteroatoms. The fourth-order valence-electron chi connectivity index (χ4n) is 4.28. The van der Waals surface area contributed by atoms with Crippen LogP contribution in [0.3, 0.4) is 0 Å². The first-order valence-electron chi connectivity index (χ1n) is 10.8. The van der Waals surface area contributed by atoms with Gasteiger partial charge in [0, 0.05) is 31.4 Å². The van der Waals surface area contributed by atoms with Gasteiger partial charge in [-0.25, -0.2) is 0 Å². The van der Waals surface area contributed by atoms with E-state index in [1.807, 2.05) is 42.1 Å². The van der Waals surface area contributed by atoms with Gasteiger partial charge in [-0.1, -0.05) is 42.5 Å². The topological polar surface area (TPSA) is 50.2 Å². The molecule has 0 atom stereocenters. The van der Waals surface area contributed by atoms with Crippen LogP contribution in [0.2, 0.25) is 0 Å². The molecule has 3 aromatic rings. The van der Waals surface area contributed by atoms with Gasteiger partial charge in [0.1, 0.15) is 0 Å². The first-order valence-corrected chi connectivity index (χ1v) is 10.8. The summed E-state index contributed by atoms with van der Waals surface area (Å²) in [6.07, 6.45) is 8.38. The zero-order valence-electron chi connectivity index (χ0n) is 17.7. The quantitative estimate of drug-likeness (QED) is 0.695. The van der Waals surface area contributed by atoms with Gasteiger partial charge in [0.25, 0.3) is 5.91 Å². The van der Waals surface area contributed by atoms with Gasteiger partial charge in [-0.3, -0.25) is 9.48 Å². The lowest BCUT2D eigenvalue weighted by Crippen LogP contribution is -2.26. The molecule has 1 N–H and O–H groups in total. The van der Waals surface area contributed by atoms with E-state index in [1.54, 1.807) is 0 Å². The Morgan fingerprint density at radius 1 is 1.03 bits per heavy atom. The molecule has 5 rings (SSSR count). The summed E-state index contributed by atoms with van der Waals surface area (Å²) in [7, 11) is 1.93. The van der Waals surface area contributed by atoms with Crippen molar-refractivity contribution in [1.82, 2.24) is 20.0 Å². The molecule has 0 saturated heterocycles. The maximum absolute atomic E-state index is 12.8. The van der Waals surface area contributed by atoms with Crippen LogP contribution in [0.1, 0.15) is 27.2 Å². The molecule has 1 aliphatic carbocycles. The number of nitrogens with one attached hydrogen (secondary N) is 1. The summed E-state index contributed by atoms with van der Waals surface area (Å²) in [4.78, 5) is 15.2. The van der Waals surface area contributed by atoms with Crippen LogP contribution in [0.15, 0.2) is 78.5 Å². The van der Waals surface area contributed by atoms with Crippen LogP contribution in [0.25, 0.3) is 11.3 Å². The van der Waals surface area contributed by atoms with E-state index in [1.165, 1.54) is 16.8 Å². The van der Waals surface area contributed by atoms with E-state index < -0.39 is 0 Å². The summed E-state index contributed by atoms with van der Waals surface area (Å²) in [5, 5.41) is 7.59. The van der Waals surface area contributed by atoms with Crippen molar-refractivity contribution in [3.05, 3.63) is 101 Å². The Labute approximate surface area is 182 Å². The van der Waals surface area contributed by atoms with Crippen molar-refractivity contribution >= 4 is 5.91 Å². The van der Waals surface area contributed by atoms with Gasteiger partial charge in [-0.2, -0.15) is 5.10 Å². The fraction of sp³-hybridized carbons (Fsp3) is 0.231. The second-order valence-corrected chi connectivity index (χ2v) is 8.11. The number of carbonyl (C=O) groups is 1. The number of nitrogens with zero attached hydrogens (tertiary/aromatic N) is 3. The first-order chi connectivity index (χ1) is 15.2. The molecular weight excluding hydrogens is 384 g/mol. The number of rotatable bonds is 5. The van der Waals surface area contributed by atoms with Gasteiger partial charge >= 0.3 is 0 Å². The maximum Gasteiger partial charge on any atom is 0.251 e. The maximum atomic E-state index is 12.8. The molecule has 1 aromatic heterocycles. The molecular formula is C26H26N4O. The Morgan fingerprint density at radius 3 is 2.55 bits per heavy atom. The normalized spacial score (nSPS) is 15.0. The number of fused-ring (bicyclic) bond motifs is 1. The summed E-state index contributed by atoms with van der Waals surface area (Å²) >= 11 is 0. The third-order valence-corrected chi connectivity index (χ3v) is 6.10. The molecule has 0 spiro atoms. The summed E-state index contributed by atoms with van der Waals surface area (Å²) in [5.41, 5.74) is 7.66. The van der Waals surface area contributed by atoms with Gasteiger partial charge in [-0.15, -0.1) is 0 Å². The fourth-order valence-corrected chi connectivity index (χ4v) is 4.28. The Morgan fingerprint density at radius 2 is 1.81 bits per heavy atom. The van der Waals surface area contributed by atoms with E-state index in [2.05, 4.69) is 57.8 Å². The predicted octanol–water partition coefficient (Wildman–Crippen LogP) is 3.87. The third kappa shape index (κ3) is 4.04. The smallest absolute Gasteiger partial charge is 0.251 e. The molecule has 0 fully saturated rings. The highest BCUT2D eigenvalue weighted by Crippen LogP contribution is 2.23. The molecule has 5 nitrogen and oxygen atoms in total. The molecule has 156 valence electrons. The van der Waals surface area contributed by atoms with Crippen LogP contribution in [-0.2, 0) is 26.4 Å². The second-order valence-electron chi connectivity index (χ2n) is 8.11. The van der Waals surface area contributed by atoms with Crippen molar-refractivity contribution < 1.29 is 4.79 Å². The van der Waals surface area contributed by atoms with E-state index in [4.69, 9.17) is 0 Å². The highest BCUT2D eigenvalue weighted by atomic mass is 16.1. The number of amides is 1. The summed E-state index contributed by atoms with van der Waals surface area (Å²) < 4.78 is 1.86. The summed E-state index contributed by atoms with van der Waals surface area (Å²) in [5.74, 6) is -0.0551. The summed E-state index contributed by atoms with van der Waals surface area (Å²) in [6.45, 7) is 2.42. The number of benzene rings is 2. The van der Waals surface area contributed by atoms with Gasteiger partial charge in [0.2, 0.25) is 0 Å². The Hall–Kier alpha value is -3.60. The minimum Gasteiger partial charge on any atom is -0.371 e. The molecule has 2 heterocycles. The molecule has 1 amide bonds. The molecule has 31 heavy (non-hydrogen) atoms. The van der Waals surface area contributed by atoms with Crippen molar-refractivity contribution in [1.29, 1.82) is 0 Å². The molecule has 0 saturated carbocycles. The number of aromatic nitrogens is 2. The first kappa shape index (κ1) is 19.4. The molecule has 2 aromatic carbocycles. The molecule has 2 aliphatic rings. The molecule has 0 radical (unpaired) electrons. The number of carbonyl (C=O) groups excluding carboxylic acids is 1. The van der Waals surface area contributed by atoms with E-state index in [-0.39, 0.29) is 5.91 Å². The van der Waals surface area contributed by atoms with Crippen molar-refractivity contribution in [3.63, 3.8) is 0 Å². The molecule has 1 aliphatic heterocycles. The Kier molecular flexibility index (Phi) is 5.16. The number of hydrogen-bond acceptors (Lipinski definition) is 3. The average Bonchev–Trinajstić information content (AvgIpc) is 3.01. The van der Waals surface area contributed by atoms with Crippen LogP contribution in [0, 0.1) is 0 Å². The van der Waals surface area contributed by atoms with E-state index in [0.29, 0.717) is 12.1 Å². The number of allylic oxidation sites excluding steroid dienone is 3. The van der Waals surface area contributed by atoms with Crippen molar-refractivity contribution in [2.45, 2.75) is 19.4 Å². The van der Waals surface area contributed by atoms with Crippen molar-refractivity contribution in [2.24, 2.45) is 7.05 Å². The SMILES string of the molecule is Cn1nc(CNC(=O)c2ccc3c(c2)CCN(C2=CC=C2)CC3)cc1-c1ccccc1. The van der Waals surface area contributed by atoms with E-state index in [9.17, 15) is 4.79 Å². The standard InChI is InChI=1S/C26H26N4O/c1-29-25(20-6-3-2-4-7-20)17-23(28-29)18-27-26(31)22-11-10-19-12-14-30(24-8-5-9-24)15-13-21(19)16-22/h2-11,16-17H,12-15,18H2,1H3,(H,27,31). The average molecular weight is 411 g/mol. The van der Waals surface area contributed by atoms with Crippen LogP contribution in [0.5, 0.6) is 0 Å². The van der Waals surface area contributed by atoms with Crippen LogP contribution in [-0.4, -0.2) is 33.7 Å². The molecule has 0 unspecified atom stereocenters. The van der Waals surface area contributed by atoms with Crippen LogP contribution in [0.4, 0.5) is 0 Å². The lowest BCUT2D eigenvalue weighted by Gasteiger charge is -2.26. The Bertz CT molecular complexity index is 1170. The largest absolute Gasteiger partial charge is 0.371 e. The second kappa shape index (κ2) is 8.26. The zero-order valence-corrected chi connectivity index (χ0v) is 17.7. The van der Waals surface area contributed by atoms with Crippen molar-refractivity contribution in [2.75, 3.05) is 13.1 Å². The Balaban J connectivity index is 1.24. The highest BCUT2D eigenvalue weighted by Gasteiger charge is 2.18. The lowest BCUT2D eigenvalue weighted by atomic mass is 10.00. The van der Waals surface area contributed by atoms with Crippen LogP contribution < -0.4 is 5.32 Å². The van der Waals surface area contributed by atoms with Gasteiger partial charge in [0.05, 0.1) is 17.9 Å². The zero-order chi connectivity index (χ0) is 21.2. The third-order valence-electron chi connectivity index (χ3n) is 6.10. The van der Waals surface area contributed by atoms with Gasteiger partial charge in [-0.05, 0) is 59.9 Å². The monoisotopic (exact) mass is 410 g/mol. The van der Waals surface area contributed by atoms with Gasteiger partial charge in [0.15, 0.2) is 0 Å². The van der Waals surface area contributed by atoms with E-state index >= 15 is 0 Å². The van der Waals surface area contributed by atoms with Crippen molar-refractivity contribution in [3.8, 4) is 11.3 Å². The summed E-state index contributed by atoms with van der Waals surface area (Å²) in [6, 6.07) is 18.3.